The number of hydrogen-bond acceptors (Lipinski definition) is 4. The fourth-order valence-electron chi connectivity index (χ4n) is 4.46. The molecular formula is C24H26FN4S. The van der Waals surface area contributed by atoms with E-state index in [0.717, 1.165) is 40.3 Å². The zero-order valence-corrected chi connectivity index (χ0v) is 18.6. The molecule has 2 aliphatic rings. The summed E-state index contributed by atoms with van der Waals surface area (Å²) >= 11 is 1.76. The van der Waals surface area contributed by atoms with Gasteiger partial charge in [0.05, 0.1) is 28.6 Å². The molecule has 2 aliphatic heterocycles. The number of benzene rings is 2. The molecule has 0 bridgehead atoms. The predicted molar refractivity (Wildman–Crippen MR) is 121 cm³/mol. The first-order chi connectivity index (χ1) is 14.4. The monoisotopic (exact) mass is 421 g/mol. The van der Waals surface area contributed by atoms with Crippen LogP contribution in [0.3, 0.4) is 0 Å². The second-order valence-electron chi connectivity index (χ2n) is 8.46. The number of nitrogens with zero attached hydrogens (tertiary/aromatic N) is 3. The molecule has 3 heterocycles. The fraction of sp³-hybridized carbons (Fsp3) is 0.375. The molecule has 0 amide bonds. The highest BCUT2D eigenvalue weighted by molar-refractivity contribution is 8.09. The molecule has 0 spiro atoms. The van der Waals surface area contributed by atoms with Crippen LogP contribution in [0, 0.1) is 31.8 Å². The lowest BCUT2D eigenvalue weighted by Crippen LogP contribution is -2.42. The number of aromatic nitrogens is 2. The van der Waals surface area contributed by atoms with E-state index in [1.807, 2.05) is 12.1 Å². The Kier molecular flexibility index (Phi) is 4.86. The summed E-state index contributed by atoms with van der Waals surface area (Å²) in [5.41, 5.74) is 5.68. The van der Waals surface area contributed by atoms with E-state index < -0.39 is 0 Å². The van der Waals surface area contributed by atoms with Gasteiger partial charge >= 0.3 is 0 Å². The Labute approximate surface area is 181 Å². The van der Waals surface area contributed by atoms with Crippen molar-refractivity contribution >= 4 is 27.7 Å². The molecule has 6 heteroatoms. The molecule has 2 aromatic carbocycles. The molecule has 1 saturated heterocycles. The van der Waals surface area contributed by atoms with Gasteiger partial charge in [-0.3, -0.25) is 5.01 Å². The summed E-state index contributed by atoms with van der Waals surface area (Å²) in [7, 11) is 0. The van der Waals surface area contributed by atoms with Gasteiger partial charge < -0.3 is 4.98 Å². The minimum absolute atomic E-state index is 0.182. The summed E-state index contributed by atoms with van der Waals surface area (Å²) in [5.74, 6) is 1.30. The SMILES string of the molecule is Cc1cc2nc([C@@H]3[C@@H](C)CCN3N3[C]=C(c4ccc(F)cc4)SC3C)[nH]c2cc1C. The second kappa shape index (κ2) is 7.43. The number of imidazole rings is 1. The number of aromatic amines is 1. The molecule has 5 rings (SSSR count). The first-order valence-corrected chi connectivity index (χ1v) is 11.4. The highest BCUT2D eigenvalue weighted by Gasteiger charge is 2.41. The Bertz CT molecular complexity index is 1080. The maximum Gasteiger partial charge on any atom is 0.126 e. The van der Waals surface area contributed by atoms with E-state index in [4.69, 9.17) is 4.98 Å². The first kappa shape index (κ1) is 19.6. The van der Waals surface area contributed by atoms with Gasteiger partial charge in [0.25, 0.3) is 0 Å². The lowest BCUT2D eigenvalue weighted by atomic mass is 10.0. The number of fused-ring (bicyclic) bond motifs is 1. The number of hydrazine groups is 1. The van der Waals surface area contributed by atoms with Gasteiger partial charge in [0.2, 0.25) is 0 Å². The highest BCUT2D eigenvalue weighted by Crippen LogP contribution is 2.45. The van der Waals surface area contributed by atoms with Gasteiger partial charge in [-0.05, 0) is 74.1 Å². The normalized spacial score (nSPS) is 24.8. The van der Waals surface area contributed by atoms with Gasteiger partial charge in [-0.2, -0.15) is 0 Å². The third kappa shape index (κ3) is 3.32. The zero-order chi connectivity index (χ0) is 21.0. The van der Waals surface area contributed by atoms with Crippen molar-refractivity contribution in [1.29, 1.82) is 0 Å². The molecule has 1 unspecified atom stereocenters. The fourth-order valence-corrected chi connectivity index (χ4v) is 5.49. The quantitative estimate of drug-likeness (QED) is 0.579. The van der Waals surface area contributed by atoms with Crippen LogP contribution in [0.4, 0.5) is 4.39 Å². The van der Waals surface area contributed by atoms with Crippen LogP contribution in [0.15, 0.2) is 36.4 Å². The summed E-state index contributed by atoms with van der Waals surface area (Å²) in [6.45, 7) is 9.73. The van der Waals surface area contributed by atoms with Crippen LogP contribution >= 0.6 is 11.8 Å². The maximum atomic E-state index is 13.3. The van der Waals surface area contributed by atoms with Crippen LogP contribution in [0.5, 0.6) is 0 Å². The summed E-state index contributed by atoms with van der Waals surface area (Å²) in [4.78, 5) is 9.62. The number of nitrogens with one attached hydrogen (secondary N) is 1. The molecule has 30 heavy (non-hydrogen) atoms. The third-order valence-electron chi connectivity index (χ3n) is 6.30. The van der Waals surface area contributed by atoms with Gasteiger partial charge in [-0.15, -0.1) is 0 Å². The lowest BCUT2D eigenvalue weighted by molar-refractivity contribution is -0.0128. The number of rotatable bonds is 3. The van der Waals surface area contributed by atoms with E-state index in [2.05, 4.69) is 61.0 Å². The number of hydrogen-bond donors (Lipinski definition) is 1. The van der Waals surface area contributed by atoms with E-state index in [1.54, 1.807) is 11.8 Å². The Morgan fingerprint density at radius 1 is 1.13 bits per heavy atom. The van der Waals surface area contributed by atoms with Gasteiger partial charge in [0, 0.05) is 11.4 Å². The molecule has 0 aliphatic carbocycles. The summed E-state index contributed by atoms with van der Waals surface area (Å²) in [6, 6.07) is 11.2. The Hall–Kier alpha value is -2.31. The van der Waals surface area contributed by atoms with Crippen LogP contribution in [0.1, 0.15) is 48.8 Å². The van der Waals surface area contributed by atoms with Crippen LogP contribution in [0.2, 0.25) is 0 Å². The van der Waals surface area contributed by atoms with Crippen molar-refractivity contribution in [1.82, 2.24) is 20.0 Å². The van der Waals surface area contributed by atoms with Gasteiger partial charge in [0.15, 0.2) is 0 Å². The molecule has 1 aromatic heterocycles. The van der Waals surface area contributed by atoms with Crippen molar-refractivity contribution in [2.45, 2.75) is 45.5 Å². The highest BCUT2D eigenvalue weighted by atomic mass is 32.2. The average Bonchev–Trinajstić information content (AvgIpc) is 3.39. The van der Waals surface area contributed by atoms with Gasteiger partial charge in [-0.1, -0.05) is 30.8 Å². The van der Waals surface area contributed by atoms with E-state index in [0.29, 0.717) is 5.92 Å². The minimum Gasteiger partial charge on any atom is -0.341 e. The molecule has 1 radical (unpaired) electrons. The maximum absolute atomic E-state index is 13.3. The number of H-pyrrole nitrogens is 1. The molecule has 3 aromatic rings. The van der Waals surface area contributed by atoms with E-state index in [1.165, 1.54) is 23.3 Å². The number of halogens is 1. The lowest BCUT2D eigenvalue weighted by Gasteiger charge is -2.35. The molecule has 1 N–H and O–H groups in total. The molecule has 0 saturated carbocycles. The van der Waals surface area contributed by atoms with Crippen LogP contribution in [-0.2, 0) is 0 Å². The summed E-state index contributed by atoms with van der Waals surface area (Å²) in [6.07, 6.45) is 4.68. The topological polar surface area (TPSA) is 35.2 Å². The molecular weight excluding hydrogens is 395 g/mol. The number of aryl methyl sites for hydroxylation is 2. The standard InChI is InChI=1S/C24H26FN4S/c1-14-9-10-28(23(14)24-26-20-11-15(2)16(3)12-21(20)27-24)29-13-22(30-17(29)4)18-5-7-19(25)8-6-18/h5-8,11-12,14,17,23H,9-10H2,1-4H3,(H,26,27)/t14-,17?,23-/m0/s1. The largest absolute Gasteiger partial charge is 0.341 e. The average molecular weight is 422 g/mol. The van der Waals surface area contributed by atoms with E-state index in [-0.39, 0.29) is 17.2 Å². The van der Waals surface area contributed by atoms with Gasteiger partial charge in [-0.25, -0.2) is 14.4 Å². The molecule has 4 nitrogen and oxygen atoms in total. The Morgan fingerprint density at radius 3 is 2.63 bits per heavy atom. The third-order valence-corrected chi connectivity index (χ3v) is 7.41. The first-order valence-electron chi connectivity index (χ1n) is 10.5. The Morgan fingerprint density at radius 2 is 1.87 bits per heavy atom. The van der Waals surface area contributed by atoms with Crippen molar-refractivity contribution in [2.75, 3.05) is 6.54 Å². The molecule has 3 atom stereocenters. The van der Waals surface area contributed by atoms with Crippen LogP contribution in [0.25, 0.3) is 15.9 Å². The van der Waals surface area contributed by atoms with E-state index in [9.17, 15) is 4.39 Å². The summed E-state index contributed by atoms with van der Waals surface area (Å²) in [5, 5.41) is 4.85. The predicted octanol–water partition coefficient (Wildman–Crippen LogP) is 5.81. The van der Waals surface area contributed by atoms with Crippen molar-refractivity contribution < 1.29 is 4.39 Å². The minimum atomic E-state index is -0.212. The van der Waals surface area contributed by atoms with Crippen molar-refractivity contribution in [2.24, 2.45) is 5.92 Å². The second-order valence-corrected chi connectivity index (χ2v) is 9.79. The number of thioether (sulfide) groups is 1. The Balaban J connectivity index is 1.48. The molecule has 155 valence electrons. The zero-order valence-electron chi connectivity index (χ0n) is 17.7. The smallest absolute Gasteiger partial charge is 0.126 e. The van der Waals surface area contributed by atoms with Crippen LogP contribution < -0.4 is 0 Å². The summed E-state index contributed by atoms with van der Waals surface area (Å²) < 4.78 is 13.3. The van der Waals surface area contributed by atoms with Crippen LogP contribution in [-0.4, -0.2) is 31.9 Å². The van der Waals surface area contributed by atoms with Crippen molar-refractivity contribution in [3.63, 3.8) is 0 Å². The van der Waals surface area contributed by atoms with Crippen molar-refractivity contribution in [3.05, 3.63) is 70.9 Å². The van der Waals surface area contributed by atoms with Gasteiger partial charge in [0.1, 0.15) is 11.6 Å². The molecule has 1 fully saturated rings. The van der Waals surface area contributed by atoms with E-state index >= 15 is 0 Å². The van der Waals surface area contributed by atoms with Crippen molar-refractivity contribution in [3.8, 4) is 0 Å².